The zero-order valence-electron chi connectivity index (χ0n) is 18.2. The Hall–Kier alpha value is -1.50. The SMILES string of the molecule is [B]C(C)(c1ccc(C(C)(C)C(C)(C)c2ccc(C)cc2)cc1)C(C)(C)C. The summed E-state index contributed by atoms with van der Waals surface area (Å²) in [5.41, 5.74) is 5.22. The predicted octanol–water partition coefficient (Wildman–Crippen LogP) is 6.68. The molecule has 0 heterocycles. The number of hydrogen-bond acceptors (Lipinski definition) is 0. The van der Waals surface area contributed by atoms with Gasteiger partial charge in [-0.1, -0.05) is 115 Å². The Kier molecular flexibility index (Phi) is 5.27. The number of benzene rings is 2. The van der Waals surface area contributed by atoms with Gasteiger partial charge in [0, 0.05) is 0 Å². The van der Waals surface area contributed by atoms with Gasteiger partial charge in [-0.3, -0.25) is 0 Å². The van der Waals surface area contributed by atoms with E-state index in [1.807, 2.05) is 0 Å². The van der Waals surface area contributed by atoms with Crippen molar-refractivity contribution in [3.63, 3.8) is 0 Å². The van der Waals surface area contributed by atoms with Crippen LogP contribution in [0.25, 0.3) is 0 Å². The fourth-order valence-corrected chi connectivity index (χ4v) is 3.36. The summed E-state index contributed by atoms with van der Waals surface area (Å²) in [6.07, 6.45) is 0. The zero-order valence-corrected chi connectivity index (χ0v) is 18.2. The molecule has 2 aromatic carbocycles. The Labute approximate surface area is 162 Å². The van der Waals surface area contributed by atoms with Crippen LogP contribution in [0.15, 0.2) is 48.5 Å². The van der Waals surface area contributed by atoms with Crippen LogP contribution in [0.3, 0.4) is 0 Å². The van der Waals surface area contributed by atoms with Crippen LogP contribution in [0.2, 0.25) is 0 Å². The van der Waals surface area contributed by atoms with Gasteiger partial charge in [0.15, 0.2) is 0 Å². The zero-order chi connectivity index (χ0) is 20.0. The van der Waals surface area contributed by atoms with Gasteiger partial charge < -0.3 is 0 Å². The summed E-state index contributed by atoms with van der Waals surface area (Å²) >= 11 is 0. The summed E-state index contributed by atoms with van der Waals surface area (Å²) in [5.74, 6) is 0. The maximum absolute atomic E-state index is 6.67. The highest BCUT2D eigenvalue weighted by Gasteiger charge is 2.40. The minimum Gasteiger partial charge on any atom is -0.0632 e. The molecule has 0 saturated carbocycles. The molecule has 2 radical (unpaired) electrons. The van der Waals surface area contributed by atoms with Crippen molar-refractivity contribution in [3.8, 4) is 0 Å². The van der Waals surface area contributed by atoms with E-state index in [0.29, 0.717) is 0 Å². The van der Waals surface area contributed by atoms with E-state index >= 15 is 0 Å². The van der Waals surface area contributed by atoms with Crippen LogP contribution in [0.1, 0.15) is 77.6 Å². The molecule has 0 N–H and O–H groups in total. The Morgan fingerprint density at radius 3 is 1.19 bits per heavy atom. The molecular formula is C25H35B. The lowest BCUT2D eigenvalue weighted by atomic mass is 9.52. The third-order valence-corrected chi connectivity index (χ3v) is 7.10. The van der Waals surface area contributed by atoms with E-state index in [4.69, 9.17) is 7.85 Å². The van der Waals surface area contributed by atoms with Crippen molar-refractivity contribution in [2.24, 2.45) is 5.41 Å². The monoisotopic (exact) mass is 346 g/mol. The highest BCUT2D eigenvalue weighted by Crippen LogP contribution is 2.45. The van der Waals surface area contributed by atoms with Crippen LogP contribution >= 0.6 is 0 Å². The first-order valence-electron chi connectivity index (χ1n) is 9.68. The molecule has 138 valence electrons. The van der Waals surface area contributed by atoms with Crippen molar-refractivity contribution in [1.29, 1.82) is 0 Å². The predicted molar refractivity (Wildman–Crippen MR) is 116 cm³/mol. The summed E-state index contributed by atoms with van der Waals surface area (Å²) in [4.78, 5) is 0. The third kappa shape index (κ3) is 3.50. The van der Waals surface area contributed by atoms with Crippen LogP contribution in [0.4, 0.5) is 0 Å². The molecule has 0 aliphatic carbocycles. The summed E-state index contributed by atoms with van der Waals surface area (Å²) in [6, 6.07) is 17.9. The van der Waals surface area contributed by atoms with Crippen LogP contribution in [0.5, 0.6) is 0 Å². The lowest BCUT2D eigenvalue weighted by Crippen LogP contribution is -2.41. The number of aryl methyl sites for hydroxylation is 1. The van der Waals surface area contributed by atoms with Gasteiger partial charge in [0.2, 0.25) is 0 Å². The van der Waals surface area contributed by atoms with Gasteiger partial charge in [0.1, 0.15) is 0 Å². The lowest BCUT2D eigenvalue weighted by molar-refractivity contribution is 0.293. The van der Waals surface area contributed by atoms with E-state index in [0.717, 1.165) is 0 Å². The van der Waals surface area contributed by atoms with Gasteiger partial charge in [-0.15, -0.1) is 0 Å². The van der Waals surface area contributed by atoms with Gasteiger partial charge in [0.25, 0.3) is 0 Å². The van der Waals surface area contributed by atoms with Gasteiger partial charge in [-0.05, 0) is 39.6 Å². The molecule has 1 atom stereocenters. The summed E-state index contributed by atoms with van der Waals surface area (Å²) in [5, 5.41) is -0.359. The largest absolute Gasteiger partial charge is 0.0813 e. The molecule has 2 aromatic rings. The highest BCUT2D eigenvalue weighted by molar-refractivity contribution is 6.16. The van der Waals surface area contributed by atoms with Crippen LogP contribution in [-0.2, 0) is 16.1 Å². The van der Waals surface area contributed by atoms with Gasteiger partial charge in [-0.2, -0.15) is 0 Å². The Balaban J connectivity index is 2.42. The van der Waals surface area contributed by atoms with E-state index in [-0.39, 0.29) is 21.6 Å². The fraction of sp³-hybridized carbons (Fsp3) is 0.520. The minimum atomic E-state index is -0.359. The average Bonchev–Trinajstić information content (AvgIpc) is 2.54. The fourth-order valence-electron chi connectivity index (χ4n) is 3.36. The van der Waals surface area contributed by atoms with E-state index in [1.165, 1.54) is 22.3 Å². The molecule has 0 fully saturated rings. The van der Waals surface area contributed by atoms with Crippen LogP contribution in [-0.4, -0.2) is 7.85 Å². The maximum atomic E-state index is 6.67. The van der Waals surface area contributed by atoms with Crippen molar-refractivity contribution in [2.75, 3.05) is 0 Å². The molecule has 1 heteroatoms. The first kappa shape index (κ1) is 20.8. The Morgan fingerprint density at radius 1 is 0.538 bits per heavy atom. The second kappa shape index (κ2) is 6.59. The van der Waals surface area contributed by atoms with Crippen molar-refractivity contribution >= 4 is 7.85 Å². The van der Waals surface area contributed by atoms with Crippen molar-refractivity contribution in [1.82, 2.24) is 0 Å². The summed E-state index contributed by atoms with van der Waals surface area (Å²) in [7, 11) is 6.67. The van der Waals surface area contributed by atoms with E-state index in [9.17, 15) is 0 Å². The Morgan fingerprint density at radius 2 is 0.846 bits per heavy atom. The maximum Gasteiger partial charge on any atom is 0.0813 e. The molecule has 0 aromatic heterocycles. The molecule has 0 bridgehead atoms. The molecule has 0 saturated heterocycles. The van der Waals surface area contributed by atoms with E-state index < -0.39 is 0 Å². The van der Waals surface area contributed by atoms with Crippen molar-refractivity contribution in [2.45, 2.75) is 78.5 Å². The molecule has 0 aliphatic heterocycles. The lowest BCUT2D eigenvalue weighted by Gasteiger charge is -2.44. The quantitative estimate of drug-likeness (QED) is 0.542. The molecule has 2 rings (SSSR count). The third-order valence-electron chi connectivity index (χ3n) is 7.10. The minimum absolute atomic E-state index is 0.00516. The number of rotatable bonds is 4. The summed E-state index contributed by atoms with van der Waals surface area (Å²) < 4.78 is 0. The number of hydrogen-bond donors (Lipinski definition) is 0. The van der Waals surface area contributed by atoms with Gasteiger partial charge in [-0.25, -0.2) is 0 Å². The highest BCUT2D eigenvalue weighted by atomic mass is 14.4. The molecular weight excluding hydrogens is 311 g/mol. The molecule has 0 aliphatic rings. The van der Waals surface area contributed by atoms with Gasteiger partial charge in [0.05, 0.1) is 7.85 Å². The van der Waals surface area contributed by atoms with Crippen LogP contribution in [0, 0.1) is 12.3 Å². The van der Waals surface area contributed by atoms with E-state index in [2.05, 4.69) is 111 Å². The molecule has 0 spiro atoms. The second-order valence-electron chi connectivity index (χ2n) is 10.1. The standard InChI is InChI=1S/C25H35B/c1-18-10-12-19(13-11-18)23(5,6)24(7,8)20-14-16-21(17-15-20)25(9,26)22(2,3)4/h10-17H,1-9H3. The topological polar surface area (TPSA) is 0 Å². The molecule has 0 amide bonds. The Bertz CT molecular complexity index is 738. The summed E-state index contributed by atoms with van der Waals surface area (Å²) in [6.45, 7) is 20.2. The van der Waals surface area contributed by atoms with Crippen molar-refractivity contribution < 1.29 is 0 Å². The average molecular weight is 346 g/mol. The smallest absolute Gasteiger partial charge is 0.0632 e. The molecule has 26 heavy (non-hydrogen) atoms. The second-order valence-corrected chi connectivity index (χ2v) is 10.1. The van der Waals surface area contributed by atoms with E-state index in [1.54, 1.807) is 0 Å². The van der Waals surface area contributed by atoms with Crippen LogP contribution < -0.4 is 0 Å². The molecule has 1 unspecified atom stereocenters. The normalized spacial score (nSPS) is 15.6. The first-order chi connectivity index (χ1) is 11.7. The van der Waals surface area contributed by atoms with Crippen molar-refractivity contribution in [3.05, 3.63) is 70.8 Å². The van der Waals surface area contributed by atoms with Gasteiger partial charge >= 0.3 is 0 Å². The molecule has 0 nitrogen and oxygen atoms in total. The first-order valence-corrected chi connectivity index (χ1v) is 9.68.